The Morgan fingerprint density at radius 2 is 1.93 bits per heavy atom. The first-order valence-corrected chi connectivity index (χ1v) is 9.12. The van der Waals surface area contributed by atoms with Gasteiger partial charge in [0.1, 0.15) is 11.5 Å². The summed E-state index contributed by atoms with van der Waals surface area (Å²) in [5.74, 6) is 1.60. The molecule has 0 fully saturated rings. The summed E-state index contributed by atoms with van der Waals surface area (Å²) in [4.78, 5) is 19.9. The first-order chi connectivity index (χ1) is 13.1. The maximum Gasteiger partial charge on any atom is 0.276 e. The molecule has 1 aromatic carbocycles. The molecular formula is C20H25ClN4O3. The number of fused-ring (bicyclic) bond motifs is 2. The van der Waals surface area contributed by atoms with Crippen molar-refractivity contribution in [3.05, 3.63) is 57.1 Å². The molecule has 0 saturated carbocycles. The minimum Gasteiger partial charge on any atom is -0.497 e. The normalized spacial score (nSPS) is 14.2. The highest BCUT2D eigenvalue weighted by atomic mass is 35.5. The Balaban J connectivity index is 0.00000225. The van der Waals surface area contributed by atoms with Crippen molar-refractivity contribution in [1.82, 2.24) is 19.5 Å². The monoisotopic (exact) mass is 404 g/mol. The Labute approximate surface area is 169 Å². The highest BCUT2D eigenvalue weighted by Crippen LogP contribution is 2.26. The lowest BCUT2D eigenvalue weighted by atomic mass is 10.1. The summed E-state index contributed by atoms with van der Waals surface area (Å²) in [6.45, 7) is 4.36. The minimum atomic E-state index is 0. The van der Waals surface area contributed by atoms with E-state index in [2.05, 4.69) is 10.00 Å². The molecule has 3 aromatic rings. The van der Waals surface area contributed by atoms with Gasteiger partial charge >= 0.3 is 0 Å². The van der Waals surface area contributed by atoms with Crippen LogP contribution in [0, 0.1) is 6.92 Å². The lowest BCUT2D eigenvalue weighted by Gasteiger charge is -2.21. The zero-order chi connectivity index (χ0) is 19.0. The maximum atomic E-state index is 12.8. The van der Waals surface area contributed by atoms with E-state index in [1.807, 2.05) is 31.2 Å². The summed E-state index contributed by atoms with van der Waals surface area (Å²) in [5.41, 5.74) is 4.50. The van der Waals surface area contributed by atoms with Crippen molar-refractivity contribution in [2.24, 2.45) is 0 Å². The Hall–Kier alpha value is -2.51. The van der Waals surface area contributed by atoms with Gasteiger partial charge in [0, 0.05) is 55.0 Å². The van der Waals surface area contributed by atoms with E-state index in [1.54, 1.807) is 18.7 Å². The Morgan fingerprint density at radius 3 is 2.68 bits per heavy atom. The number of aromatic amines is 1. The van der Waals surface area contributed by atoms with Gasteiger partial charge in [0.05, 0.1) is 19.9 Å². The first kappa shape index (κ1) is 20.2. The third kappa shape index (κ3) is 3.72. The molecule has 150 valence electrons. The van der Waals surface area contributed by atoms with Gasteiger partial charge in [0.2, 0.25) is 0 Å². The number of ether oxygens (including phenoxy) is 2. The Morgan fingerprint density at radius 1 is 1.14 bits per heavy atom. The molecule has 0 amide bonds. The second-order valence-electron chi connectivity index (χ2n) is 6.93. The van der Waals surface area contributed by atoms with Crippen LogP contribution in [0.4, 0.5) is 0 Å². The Bertz CT molecular complexity index is 1040. The number of hydrogen-bond donors (Lipinski definition) is 1. The largest absolute Gasteiger partial charge is 0.497 e. The lowest BCUT2D eigenvalue weighted by molar-refractivity contribution is 0.273. The van der Waals surface area contributed by atoms with E-state index < -0.39 is 0 Å². The van der Waals surface area contributed by atoms with E-state index in [0.29, 0.717) is 12.1 Å². The smallest absolute Gasteiger partial charge is 0.276 e. The molecule has 0 atom stereocenters. The minimum absolute atomic E-state index is 0. The molecule has 0 spiro atoms. The van der Waals surface area contributed by atoms with Crippen molar-refractivity contribution in [2.45, 2.75) is 26.3 Å². The molecule has 28 heavy (non-hydrogen) atoms. The van der Waals surface area contributed by atoms with Crippen molar-refractivity contribution in [3.8, 4) is 11.5 Å². The molecule has 8 heteroatoms. The van der Waals surface area contributed by atoms with Gasteiger partial charge < -0.3 is 9.47 Å². The fourth-order valence-corrected chi connectivity index (χ4v) is 3.71. The topological polar surface area (TPSA) is 71.9 Å². The molecule has 1 aliphatic heterocycles. The van der Waals surface area contributed by atoms with Crippen LogP contribution in [0.15, 0.2) is 29.1 Å². The summed E-state index contributed by atoms with van der Waals surface area (Å²) in [6, 6.07) is 7.80. The van der Waals surface area contributed by atoms with E-state index in [4.69, 9.17) is 14.5 Å². The van der Waals surface area contributed by atoms with Gasteiger partial charge in [-0.2, -0.15) is 0 Å². The van der Waals surface area contributed by atoms with Crippen LogP contribution in [0.2, 0.25) is 0 Å². The third-order valence-electron chi connectivity index (χ3n) is 5.15. The highest BCUT2D eigenvalue weighted by Gasteiger charge is 2.21. The van der Waals surface area contributed by atoms with E-state index in [1.165, 1.54) is 0 Å². The van der Waals surface area contributed by atoms with Crippen molar-refractivity contribution in [1.29, 1.82) is 0 Å². The predicted molar refractivity (Wildman–Crippen MR) is 110 cm³/mol. The van der Waals surface area contributed by atoms with Crippen LogP contribution in [0.3, 0.4) is 0 Å². The van der Waals surface area contributed by atoms with Gasteiger partial charge in [0.25, 0.3) is 5.56 Å². The van der Waals surface area contributed by atoms with Gasteiger partial charge in [-0.3, -0.25) is 14.8 Å². The van der Waals surface area contributed by atoms with Gasteiger partial charge in [-0.15, -0.1) is 12.4 Å². The molecule has 7 nitrogen and oxygen atoms in total. The van der Waals surface area contributed by atoms with Crippen molar-refractivity contribution >= 4 is 18.1 Å². The number of methoxy groups -OCH3 is 2. The van der Waals surface area contributed by atoms with E-state index in [0.717, 1.165) is 60.1 Å². The number of aromatic nitrogens is 3. The van der Waals surface area contributed by atoms with Crippen LogP contribution in [-0.2, 0) is 19.4 Å². The quantitative estimate of drug-likeness (QED) is 0.722. The third-order valence-corrected chi connectivity index (χ3v) is 5.15. The number of benzene rings is 1. The van der Waals surface area contributed by atoms with Crippen LogP contribution >= 0.6 is 12.4 Å². The van der Waals surface area contributed by atoms with Gasteiger partial charge in [-0.25, -0.2) is 9.50 Å². The van der Waals surface area contributed by atoms with Crippen LogP contribution in [0.25, 0.3) is 5.65 Å². The predicted octanol–water partition coefficient (Wildman–Crippen LogP) is 2.37. The van der Waals surface area contributed by atoms with Crippen molar-refractivity contribution in [2.75, 3.05) is 27.3 Å². The molecule has 0 saturated heterocycles. The van der Waals surface area contributed by atoms with Crippen LogP contribution in [-0.4, -0.2) is 46.8 Å². The van der Waals surface area contributed by atoms with Gasteiger partial charge in [0.15, 0.2) is 5.65 Å². The van der Waals surface area contributed by atoms with Crippen LogP contribution in [0.5, 0.6) is 11.5 Å². The van der Waals surface area contributed by atoms with Crippen molar-refractivity contribution < 1.29 is 9.47 Å². The summed E-state index contributed by atoms with van der Waals surface area (Å²) in [6.07, 6.45) is 1.46. The number of nitrogens with one attached hydrogen (secondary N) is 1. The molecule has 0 bridgehead atoms. The summed E-state index contributed by atoms with van der Waals surface area (Å²) in [5, 5.41) is 3.07. The Kier molecular flexibility index (Phi) is 5.96. The average molecular weight is 405 g/mol. The van der Waals surface area contributed by atoms with E-state index >= 15 is 0 Å². The average Bonchev–Trinajstić information content (AvgIpc) is 2.93. The zero-order valence-corrected chi connectivity index (χ0v) is 17.1. The molecule has 1 aliphatic rings. The first-order valence-electron chi connectivity index (χ1n) is 9.12. The summed E-state index contributed by atoms with van der Waals surface area (Å²) >= 11 is 0. The number of aryl methyl sites for hydroxylation is 1. The van der Waals surface area contributed by atoms with Gasteiger partial charge in [-0.1, -0.05) is 6.07 Å². The van der Waals surface area contributed by atoms with E-state index in [-0.39, 0.29) is 18.0 Å². The fourth-order valence-electron chi connectivity index (χ4n) is 3.71. The highest BCUT2D eigenvalue weighted by molar-refractivity contribution is 5.85. The maximum absolute atomic E-state index is 12.8. The van der Waals surface area contributed by atoms with Crippen LogP contribution < -0.4 is 15.0 Å². The second kappa shape index (κ2) is 8.24. The second-order valence-corrected chi connectivity index (χ2v) is 6.93. The summed E-state index contributed by atoms with van der Waals surface area (Å²) in [7, 11) is 3.32. The molecule has 2 aromatic heterocycles. The number of rotatable bonds is 4. The molecule has 4 rings (SSSR count). The number of halogens is 1. The molecule has 0 aliphatic carbocycles. The molecule has 0 unspecified atom stereocenters. The van der Waals surface area contributed by atoms with E-state index in [9.17, 15) is 4.79 Å². The standard InChI is InChI=1S/C20H24N4O3.ClH/c1-13-10-19-21-17-7-9-23(8-6-16(17)20(25)24(19)22-13)12-14-4-5-15(26-2)11-18(14)27-3;/h4-5,10-11,22H,6-9,12H2,1-3H3;1H. The van der Waals surface area contributed by atoms with Gasteiger partial charge in [-0.05, 0) is 19.4 Å². The molecule has 1 N–H and O–H groups in total. The summed E-state index contributed by atoms with van der Waals surface area (Å²) < 4.78 is 12.3. The molecule has 3 heterocycles. The lowest BCUT2D eigenvalue weighted by Crippen LogP contribution is -2.27. The van der Waals surface area contributed by atoms with Crippen LogP contribution in [0.1, 0.15) is 22.5 Å². The van der Waals surface area contributed by atoms with Crippen molar-refractivity contribution in [3.63, 3.8) is 0 Å². The molecular weight excluding hydrogens is 380 g/mol. The fraction of sp³-hybridized carbons (Fsp3) is 0.400. The number of H-pyrrole nitrogens is 1. The number of hydrogen-bond acceptors (Lipinski definition) is 5. The zero-order valence-electron chi connectivity index (χ0n) is 16.3. The molecule has 0 radical (unpaired) electrons. The SMILES string of the molecule is COc1ccc(CN2CCc3nc4cc(C)[nH]n4c(=O)c3CC2)c(OC)c1.Cl. The number of nitrogens with zero attached hydrogens (tertiary/aromatic N) is 3.